The van der Waals surface area contributed by atoms with Crippen molar-refractivity contribution in [2.45, 2.75) is 26.4 Å². The lowest BCUT2D eigenvalue weighted by atomic mass is 10.3. The van der Waals surface area contributed by atoms with E-state index < -0.39 is 0 Å². The molecule has 1 unspecified atom stereocenters. The van der Waals surface area contributed by atoms with Crippen LogP contribution in [0.4, 0.5) is 0 Å². The van der Waals surface area contributed by atoms with Crippen LogP contribution in [-0.2, 0) is 4.74 Å². The smallest absolute Gasteiger partial charge is 0.343 e. The van der Waals surface area contributed by atoms with Crippen LogP contribution in [0.25, 0.3) is 5.65 Å². The number of aryl methyl sites for hydroxylation is 1. The second-order valence-corrected chi connectivity index (χ2v) is 4.76. The number of ether oxygens (including phenoxy) is 1. The first-order valence-corrected chi connectivity index (χ1v) is 6.98. The van der Waals surface area contributed by atoms with Crippen molar-refractivity contribution in [2.75, 3.05) is 19.7 Å². The van der Waals surface area contributed by atoms with Crippen LogP contribution in [-0.4, -0.2) is 51.5 Å². The quantitative estimate of drug-likeness (QED) is 0.786. The second kappa shape index (κ2) is 7.14. The highest BCUT2D eigenvalue weighted by atomic mass is 16.5. The number of hydrogen-bond acceptors (Lipinski definition) is 6. The van der Waals surface area contributed by atoms with Gasteiger partial charge in [0.1, 0.15) is 5.56 Å². The first-order valence-electron chi connectivity index (χ1n) is 6.98. The summed E-state index contributed by atoms with van der Waals surface area (Å²) in [6.45, 7) is 5.76. The maximum Gasteiger partial charge on any atom is 0.343 e. The summed E-state index contributed by atoms with van der Waals surface area (Å²) in [4.78, 5) is 15.8. The molecule has 2 aromatic rings. The van der Waals surface area contributed by atoms with Crippen molar-refractivity contribution >= 4 is 11.6 Å². The Balaban J connectivity index is 0.000000225. The molecule has 2 N–H and O–H groups in total. The average Bonchev–Trinajstić information content (AvgIpc) is 3.08. The van der Waals surface area contributed by atoms with Crippen molar-refractivity contribution in [1.82, 2.24) is 19.9 Å². The zero-order valence-corrected chi connectivity index (χ0v) is 12.2. The van der Waals surface area contributed by atoms with E-state index in [9.17, 15) is 4.79 Å². The molecule has 7 heteroatoms. The van der Waals surface area contributed by atoms with E-state index in [4.69, 9.17) is 9.84 Å². The van der Waals surface area contributed by atoms with Crippen LogP contribution in [0.15, 0.2) is 18.5 Å². The molecule has 1 saturated heterocycles. The molecular weight excluding hydrogens is 272 g/mol. The fourth-order valence-corrected chi connectivity index (χ4v) is 1.95. The van der Waals surface area contributed by atoms with Crippen molar-refractivity contribution in [3.8, 4) is 0 Å². The van der Waals surface area contributed by atoms with E-state index in [0.717, 1.165) is 25.2 Å². The van der Waals surface area contributed by atoms with Crippen molar-refractivity contribution < 1.29 is 14.6 Å². The minimum Gasteiger partial charge on any atom is -0.462 e. The summed E-state index contributed by atoms with van der Waals surface area (Å²) in [7, 11) is 0. The Hall–Kier alpha value is -1.99. The van der Waals surface area contributed by atoms with E-state index in [1.807, 2.05) is 13.0 Å². The fourth-order valence-electron chi connectivity index (χ4n) is 1.95. The minimum atomic E-state index is -0.384. The molecular formula is C14H20N4O3. The number of nitrogens with zero attached hydrogens (tertiary/aromatic N) is 3. The van der Waals surface area contributed by atoms with Crippen molar-refractivity contribution in [3.63, 3.8) is 0 Å². The van der Waals surface area contributed by atoms with Gasteiger partial charge in [0.15, 0.2) is 5.65 Å². The SMILES string of the molecule is CCOC(=O)c1cnn2ccc(C)nc12.OC1CCNC1. The Morgan fingerprint density at radius 1 is 1.62 bits per heavy atom. The third kappa shape index (κ3) is 3.99. The van der Waals surface area contributed by atoms with E-state index >= 15 is 0 Å². The first kappa shape index (κ1) is 15.4. The van der Waals surface area contributed by atoms with Crippen molar-refractivity contribution in [1.29, 1.82) is 0 Å². The lowest BCUT2D eigenvalue weighted by Crippen LogP contribution is -2.11. The van der Waals surface area contributed by atoms with Gasteiger partial charge in [0.05, 0.1) is 18.9 Å². The van der Waals surface area contributed by atoms with Gasteiger partial charge in [-0.15, -0.1) is 0 Å². The zero-order chi connectivity index (χ0) is 15.2. The standard InChI is InChI=1S/C10H11N3O2.C4H9NO/c1-3-15-10(14)8-6-11-13-5-4-7(2)12-9(8)13;6-4-1-2-5-3-4/h4-6H,3H2,1-2H3;4-6H,1-3H2. The van der Waals surface area contributed by atoms with Gasteiger partial charge < -0.3 is 15.2 Å². The van der Waals surface area contributed by atoms with E-state index in [-0.39, 0.29) is 12.1 Å². The van der Waals surface area contributed by atoms with E-state index in [1.54, 1.807) is 17.6 Å². The predicted octanol–water partition coefficient (Wildman–Crippen LogP) is 0.555. The van der Waals surface area contributed by atoms with Crippen LogP contribution in [0.1, 0.15) is 29.4 Å². The van der Waals surface area contributed by atoms with Crippen LogP contribution in [0.2, 0.25) is 0 Å². The van der Waals surface area contributed by atoms with E-state index in [1.165, 1.54) is 6.20 Å². The maximum absolute atomic E-state index is 11.5. The third-order valence-corrected chi connectivity index (χ3v) is 3.04. The van der Waals surface area contributed by atoms with Gasteiger partial charge >= 0.3 is 5.97 Å². The lowest BCUT2D eigenvalue weighted by molar-refractivity contribution is 0.0528. The molecule has 1 aliphatic heterocycles. The van der Waals surface area contributed by atoms with Gasteiger partial charge in [0, 0.05) is 18.4 Å². The topological polar surface area (TPSA) is 88.8 Å². The number of aromatic nitrogens is 3. The molecule has 0 aliphatic carbocycles. The summed E-state index contributed by atoms with van der Waals surface area (Å²) in [6, 6.07) is 1.83. The summed E-state index contributed by atoms with van der Waals surface area (Å²) in [5.74, 6) is -0.384. The van der Waals surface area contributed by atoms with Crippen LogP contribution >= 0.6 is 0 Å². The Morgan fingerprint density at radius 3 is 3.00 bits per heavy atom. The predicted molar refractivity (Wildman–Crippen MR) is 77.2 cm³/mol. The number of carbonyl (C=O) groups is 1. The summed E-state index contributed by atoms with van der Waals surface area (Å²) in [5, 5.41) is 15.7. The Kier molecular flexibility index (Phi) is 5.24. The zero-order valence-electron chi connectivity index (χ0n) is 12.2. The van der Waals surface area contributed by atoms with Crippen LogP contribution < -0.4 is 5.32 Å². The molecule has 2 aromatic heterocycles. The Bertz CT molecular complexity index is 605. The highest BCUT2D eigenvalue weighted by Gasteiger charge is 2.14. The minimum absolute atomic E-state index is 0.0648. The number of carbonyl (C=O) groups excluding carboxylic acids is 1. The van der Waals surface area contributed by atoms with Crippen molar-refractivity contribution in [2.24, 2.45) is 0 Å². The largest absolute Gasteiger partial charge is 0.462 e. The third-order valence-electron chi connectivity index (χ3n) is 3.04. The molecule has 0 radical (unpaired) electrons. The molecule has 0 saturated carbocycles. The van der Waals surface area contributed by atoms with Gasteiger partial charge in [-0.3, -0.25) is 0 Å². The van der Waals surface area contributed by atoms with E-state index in [0.29, 0.717) is 17.8 Å². The highest BCUT2D eigenvalue weighted by molar-refractivity contribution is 5.95. The Morgan fingerprint density at radius 2 is 2.43 bits per heavy atom. The number of hydrogen-bond donors (Lipinski definition) is 2. The van der Waals surface area contributed by atoms with Gasteiger partial charge in [-0.2, -0.15) is 5.10 Å². The number of aliphatic hydroxyl groups is 1. The van der Waals surface area contributed by atoms with Crippen LogP contribution in [0.3, 0.4) is 0 Å². The number of β-amino-alcohol motifs (C(OH)–C–C–N with tert-alkyl or cyclic N) is 1. The molecule has 0 spiro atoms. The summed E-state index contributed by atoms with van der Waals surface area (Å²) >= 11 is 0. The number of aliphatic hydroxyl groups excluding tert-OH is 1. The molecule has 0 amide bonds. The second-order valence-electron chi connectivity index (χ2n) is 4.76. The summed E-state index contributed by atoms with van der Waals surface area (Å²) in [6.07, 6.45) is 4.10. The number of rotatable bonds is 2. The van der Waals surface area contributed by atoms with Crippen molar-refractivity contribution in [3.05, 3.63) is 29.7 Å². The average molecular weight is 292 g/mol. The van der Waals surface area contributed by atoms with Crippen LogP contribution in [0, 0.1) is 6.92 Å². The Labute approximate surface area is 122 Å². The number of fused-ring (bicyclic) bond motifs is 1. The molecule has 3 rings (SSSR count). The van der Waals surface area contributed by atoms with Gasteiger partial charge in [-0.25, -0.2) is 14.3 Å². The maximum atomic E-state index is 11.5. The molecule has 1 atom stereocenters. The fraction of sp³-hybridized carbons (Fsp3) is 0.500. The summed E-state index contributed by atoms with van der Waals surface area (Å²) < 4.78 is 6.46. The number of nitrogens with one attached hydrogen (secondary N) is 1. The van der Waals surface area contributed by atoms with Crippen LogP contribution in [0.5, 0.6) is 0 Å². The molecule has 21 heavy (non-hydrogen) atoms. The van der Waals surface area contributed by atoms with Gasteiger partial charge in [-0.05, 0) is 32.9 Å². The molecule has 1 fully saturated rings. The molecule has 1 aliphatic rings. The number of esters is 1. The summed E-state index contributed by atoms with van der Waals surface area (Å²) in [5.41, 5.74) is 1.78. The van der Waals surface area contributed by atoms with Gasteiger partial charge in [0.2, 0.25) is 0 Å². The normalized spacial score (nSPS) is 17.4. The molecule has 3 heterocycles. The lowest BCUT2D eigenvalue weighted by Gasteiger charge is -1.99. The van der Waals surface area contributed by atoms with Gasteiger partial charge in [-0.1, -0.05) is 0 Å². The first-order chi connectivity index (χ1) is 10.1. The molecule has 0 bridgehead atoms. The monoisotopic (exact) mass is 292 g/mol. The molecule has 0 aromatic carbocycles. The van der Waals surface area contributed by atoms with E-state index in [2.05, 4.69) is 15.4 Å². The molecule has 114 valence electrons. The van der Waals surface area contributed by atoms with Gasteiger partial charge in [0.25, 0.3) is 0 Å². The highest BCUT2D eigenvalue weighted by Crippen LogP contribution is 2.09. The molecule has 7 nitrogen and oxygen atoms in total.